The van der Waals surface area contributed by atoms with E-state index in [2.05, 4.69) is 76.1 Å². The van der Waals surface area contributed by atoms with Crippen LogP contribution in [0.5, 0.6) is 0 Å². The SMILES string of the molecule is CC(C)CN(C)Cc1ccc(C(C)CNC(C)C)cc1. The summed E-state index contributed by atoms with van der Waals surface area (Å²) in [6, 6.07) is 9.67. The third-order valence-electron chi connectivity index (χ3n) is 3.51. The topological polar surface area (TPSA) is 15.3 Å². The van der Waals surface area contributed by atoms with Gasteiger partial charge in [-0.05, 0) is 30.0 Å². The Morgan fingerprint density at radius 1 is 1.00 bits per heavy atom. The lowest BCUT2D eigenvalue weighted by molar-refractivity contribution is 0.288. The van der Waals surface area contributed by atoms with Crippen molar-refractivity contribution >= 4 is 0 Å². The van der Waals surface area contributed by atoms with Gasteiger partial charge in [-0.15, -0.1) is 0 Å². The molecule has 0 fully saturated rings. The van der Waals surface area contributed by atoms with Crippen molar-refractivity contribution in [1.29, 1.82) is 0 Å². The Bertz CT molecular complexity index is 368. The van der Waals surface area contributed by atoms with E-state index in [0.717, 1.165) is 25.6 Å². The average Bonchev–Trinajstić information content (AvgIpc) is 2.35. The molecule has 0 aliphatic heterocycles. The molecule has 0 saturated carbocycles. The molecule has 20 heavy (non-hydrogen) atoms. The number of benzene rings is 1. The Labute approximate surface area is 125 Å². The van der Waals surface area contributed by atoms with Crippen LogP contribution in [0.25, 0.3) is 0 Å². The van der Waals surface area contributed by atoms with Crippen LogP contribution < -0.4 is 5.32 Å². The third kappa shape index (κ3) is 6.53. The van der Waals surface area contributed by atoms with Crippen molar-refractivity contribution < 1.29 is 0 Å². The average molecular weight is 276 g/mol. The number of nitrogens with one attached hydrogen (secondary N) is 1. The first-order chi connectivity index (χ1) is 9.38. The maximum Gasteiger partial charge on any atom is 0.0230 e. The monoisotopic (exact) mass is 276 g/mol. The van der Waals surface area contributed by atoms with E-state index in [1.807, 2.05) is 0 Å². The van der Waals surface area contributed by atoms with Crippen molar-refractivity contribution in [2.24, 2.45) is 5.92 Å². The fourth-order valence-corrected chi connectivity index (χ4v) is 2.48. The highest BCUT2D eigenvalue weighted by Crippen LogP contribution is 2.16. The maximum atomic E-state index is 3.50. The van der Waals surface area contributed by atoms with E-state index in [0.29, 0.717) is 12.0 Å². The molecule has 0 saturated heterocycles. The third-order valence-corrected chi connectivity index (χ3v) is 3.51. The van der Waals surface area contributed by atoms with Gasteiger partial charge in [0, 0.05) is 25.7 Å². The summed E-state index contributed by atoms with van der Waals surface area (Å²) in [7, 11) is 2.20. The fourth-order valence-electron chi connectivity index (χ4n) is 2.48. The molecule has 1 aromatic rings. The van der Waals surface area contributed by atoms with E-state index in [4.69, 9.17) is 0 Å². The second-order valence-corrected chi connectivity index (χ2v) is 6.80. The molecular formula is C18H32N2. The van der Waals surface area contributed by atoms with E-state index >= 15 is 0 Å². The van der Waals surface area contributed by atoms with Crippen molar-refractivity contribution in [1.82, 2.24) is 10.2 Å². The molecule has 2 heteroatoms. The molecule has 0 amide bonds. The van der Waals surface area contributed by atoms with Crippen molar-refractivity contribution in [3.63, 3.8) is 0 Å². The van der Waals surface area contributed by atoms with Crippen molar-refractivity contribution in [2.45, 2.75) is 53.1 Å². The number of hydrogen-bond acceptors (Lipinski definition) is 2. The summed E-state index contributed by atoms with van der Waals surface area (Å²) in [5.74, 6) is 1.29. The molecule has 114 valence electrons. The van der Waals surface area contributed by atoms with Crippen LogP contribution in [-0.2, 0) is 6.54 Å². The summed E-state index contributed by atoms with van der Waals surface area (Å²) in [5.41, 5.74) is 2.83. The maximum absolute atomic E-state index is 3.50. The normalized spacial score (nSPS) is 13.4. The number of rotatable bonds is 8. The molecule has 2 nitrogen and oxygen atoms in total. The van der Waals surface area contributed by atoms with Gasteiger partial charge >= 0.3 is 0 Å². The van der Waals surface area contributed by atoms with Crippen LogP contribution in [0.2, 0.25) is 0 Å². The molecule has 0 heterocycles. The molecule has 1 rings (SSSR count). The predicted octanol–water partition coefficient (Wildman–Crippen LogP) is 3.88. The van der Waals surface area contributed by atoms with E-state index < -0.39 is 0 Å². The van der Waals surface area contributed by atoms with Crippen LogP contribution >= 0.6 is 0 Å². The van der Waals surface area contributed by atoms with Gasteiger partial charge in [0.2, 0.25) is 0 Å². The van der Waals surface area contributed by atoms with Crippen LogP contribution in [-0.4, -0.2) is 31.1 Å². The highest BCUT2D eigenvalue weighted by atomic mass is 15.1. The van der Waals surface area contributed by atoms with Crippen LogP contribution in [0.3, 0.4) is 0 Å². The van der Waals surface area contributed by atoms with E-state index in [1.165, 1.54) is 11.1 Å². The van der Waals surface area contributed by atoms with Gasteiger partial charge in [-0.1, -0.05) is 58.9 Å². The Hall–Kier alpha value is -0.860. The highest BCUT2D eigenvalue weighted by Gasteiger charge is 2.07. The first-order valence-corrected chi connectivity index (χ1v) is 7.89. The lowest BCUT2D eigenvalue weighted by Crippen LogP contribution is -2.27. The van der Waals surface area contributed by atoms with Crippen LogP contribution in [0, 0.1) is 5.92 Å². The van der Waals surface area contributed by atoms with E-state index in [1.54, 1.807) is 0 Å². The van der Waals surface area contributed by atoms with E-state index in [-0.39, 0.29) is 0 Å². The quantitative estimate of drug-likeness (QED) is 0.775. The Morgan fingerprint density at radius 2 is 1.60 bits per heavy atom. The molecular weight excluding hydrogens is 244 g/mol. The van der Waals surface area contributed by atoms with Gasteiger partial charge in [0.15, 0.2) is 0 Å². The standard InChI is InChI=1S/C18H32N2/c1-14(2)12-20(6)13-17-7-9-18(10-8-17)16(5)11-19-15(3)4/h7-10,14-16,19H,11-13H2,1-6H3. The van der Waals surface area contributed by atoms with Crippen molar-refractivity contribution in [3.05, 3.63) is 35.4 Å². The van der Waals surface area contributed by atoms with Gasteiger partial charge in [0.1, 0.15) is 0 Å². The molecule has 0 bridgehead atoms. The fraction of sp³-hybridized carbons (Fsp3) is 0.667. The highest BCUT2D eigenvalue weighted by molar-refractivity contribution is 5.25. The summed E-state index contributed by atoms with van der Waals surface area (Å²) < 4.78 is 0. The first kappa shape index (κ1) is 17.2. The molecule has 0 aliphatic rings. The second kappa shape index (κ2) is 8.43. The number of hydrogen-bond donors (Lipinski definition) is 1. The van der Waals surface area contributed by atoms with Gasteiger partial charge in [0.05, 0.1) is 0 Å². The largest absolute Gasteiger partial charge is 0.314 e. The molecule has 1 aromatic carbocycles. The van der Waals surface area contributed by atoms with Crippen LogP contribution in [0.1, 0.15) is 51.7 Å². The molecule has 0 radical (unpaired) electrons. The lowest BCUT2D eigenvalue weighted by Gasteiger charge is -2.20. The van der Waals surface area contributed by atoms with Crippen molar-refractivity contribution in [2.75, 3.05) is 20.1 Å². The summed E-state index contributed by atoms with van der Waals surface area (Å²) in [6.07, 6.45) is 0. The second-order valence-electron chi connectivity index (χ2n) is 6.80. The Morgan fingerprint density at radius 3 is 2.10 bits per heavy atom. The molecule has 1 N–H and O–H groups in total. The predicted molar refractivity (Wildman–Crippen MR) is 89.2 cm³/mol. The zero-order chi connectivity index (χ0) is 15.1. The van der Waals surface area contributed by atoms with Crippen LogP contribution in [0.15, 0.2) is 24.3 Å². The Kier molecular flexibility index (Phi) is 7.25. The summed E-state index contributed by atoms with van der Waals surface area (Å²) in [4.78, 5) is 2.39. The summed E-state index contributed by atoms with van der Waals surface area (Å²) >= 11 is 0. The first-order valence-electron chi connectivity index (χ1n) is 7.89. The van der Waals surface area contributed by atoms with Gasteiger partial charge in [0.25, 0.3) is 0 Å². The number of nitrogens with zero attached hydrogens (tertiary/aromatic N) is 1. The molecule has 1 unspecified atom stereocenters. The van der Waals surface area contributed by atoms with Crippen molar-refractivity contribution in [3.8, 4) is 0 Å². The smallest absolute Gasteiger partial charge is 0.0230 e. The lowest BCUT2D eigenvalue weighted by atomic mass is 9.99. The molecule has 0 aliphatic carbocycles. The molecule has 0 aromatic heterocycles. The van der Waals surface area contributed by atoms with Gasteiger partial charge in [-0.25, -0.2) is 0 Å². The summed E-state index contributed by atoms with van der Waals surface area (Å²) in [6.45, 7) is 14.4. The molecule has 1 atom stereocenters. The zero-order valence-electron chi connectivity index (χ0n) is 14.1. The summed E-state index contributed by atoms with van der Waals surface area (Å²) in [5, 5.41) is 3.50. The van der Waals surface area contributed by atoms with Gasteiger partial charge in [-0.3, -0.25) is 0 Å². The van der Waals surface area contributed by atoms with Gasteiger partial charge in [-0.2, -0.15) is 0 Å². The Balaban J connectivity index is 2.51. The molecule has 0 spiro atoms. The minimum atomic E-state index is 0.557. The van der Waals surface area contributed by atoms with Gasteiger partial charge < -0.3 is 10.2 Å². The van der Waals surface area contributed by atoms with Crippen LogP contribution in [0.4, 0.5) is 0 Å². The minimum Gasteiger partial charge on any atom is -0.314 e. The van der Waals surface area contributed by atoms with E-state index in [9.17, 15) is 0 Å². The minimum absolute atomic E-state index is 0.557. The zero-order valence-corrected chi connectivity index (χ0v) is 14.1.